The lowest BCUT2D eigenvalue weighted by Gasteiger charge is -2.27. The minimum atomic E-state index is -1.23. The number of aromatic nitrogens is 1. The second-order valence-electron chi connectivity index (χ2n) is 10.8. The third-order valence-corrected chi connectivity index (χ3v) is 7.59. The van der Waals surface area contributed by atoms with Crippen LogP contribution in [-0.2, 0) is 4.79 Å². The van der Waals surface area contributed by atoms with E-state index in [0.717, 1.165) is 18.5 Å². The van der Waals surface area contributed by atoms with Gasteiger partial charge in [-0.3, -0.25) is 9.78 Å². The Kier molecular flexibility index (Phi) is 8.70. The van der Waals surface area contributed by atoms with Gasteiger partial charge in [0.2, 0.25) is 0 Å². The van der Waals surface area contributed by atoms with Crippen LogP contribution in [0.1, 0.15) is 42.9 Å². The molecule has 43 heavy (non-hydrogen) atoms. The second-order valence-corrected chi connectivity index (χ2v) is 10.8. The van der Waals surface area contributed by atoms with E-state index < -0.39 is 42.0 Å². The van der Waals surface area contributed by atoms with Crippen LogP contribution in [0.15, 0.2) is 66.7 Å². The number of carboxylic acid groups (broad SMARTS) is 1. The number of carbonyl (C=O) groups is 1. The first kappa shape index (κ1) is 30.1. The zero-order valence-corrected chi connectivity index (χ0v) is 23.7. The van der Waals surface area contributed by atoms with E-state index in [-0.39, 0.29) is 18.0 Å². The number of rotatable bonds is 11. The van der Waals surface area contributed by atoms with Crippen molar-refractivity contribution in [3.8, 4) is 0 Å². The van der Waals surface area contributed by atoms with Crippen molar-refractivity contribution in [1.82, 2.24) is 4.98 Å². The van der Waals surface area contributed by atoms with E-state index in [4.69, 9.17) is 10.1 Å². The van der Waals surface area contributed by atoms with Crippen LogP contribution in [0.5, 0.6) is 0 Å². The first-order valence-corrected chi connectivity index (χ1v) is 13.9. The van der Waals surface area contributed by atoms with Crippen molar-refractivity contribution in [2.45, 2.75) is 43.8 Å². The smallest absolute Gasteiger partial charge is 0.305 e. The molecule has 10 heteroatoms. The number of fused-ring (bicyclic) bond motifs is 1. The molecule has 1 aromatic heterocycles. The number of halogens is 3. The zero-order chi connectivity index (χ0) is 30.8. The summed E-state index contributed by atoms with van der Waals surface area (Å²) in [7, 11) is 3.46. The monoisotopic (exact) mass is 591 g/mol. The van der Waals surface area contributed by atoms with Gasteiger partial charge >= 0.3 is 5.97 Å². The van der Waals surface area contributed by atoms with Crippen LogP contribution < -0.4 is 9.80 Å². The van der Waals surface area contributed by atoms with Crippen molar-refractivity contribution in [1.29, 1.82) is 0 Å². The van der Waals surface area contributed by atoms with Crippen molar-refractivity contribution in [2.75, 3.05) is 23.9 Å². The summed E-state index contributed by atoms with van der Waals surface area (Å²) in [4.78, 5) is 19.3. The van der Waals surface area contributed by atoms with E-state index in [9.17, 15) is 23.8 Å². The molecule has 3 N–H and O–H groups in total. The van der Waals surface area contributed by atoms with Crippen molar-refractivity contribution in [3.63, 3.8) is 0 Å². The molecule has 0 unspecified atom stereocenters. The largest absolute Gasteiger partial charge is 0.481 e. The van der Waals surface area contributed by atoms with E-state index in [2.05, 4.69) is 0 Å². The molecular formula is C33H32F3N3O4. The van der Waals surface area contributed by atoms with Crippen molar-refractivity contribution >= 4 is 45.7 Å². The Bertz CT molecular complexity index is 1660. The fourth-order valence-corrected chi connectivity index (χ4v) is 5.19. The standard InChI is InChI=1S/C33H32F3N3O4/c1-38(22-9-5-20(34)6-10-22)30-18-29-27(17-28(30)36)33(39(2)23-11-7-21(35)8-12-23)26(32(37-29)19-3-4-19)14-13-24(40)15-25(41)16-31(42)43/h5-14,17-19,24-25,40-41H,3-4,15-16H2,1-2H3,(H,42,43)/b14-13+/t24-,25-/m1/s1. The molecule has 0 aliphatic heterocycles. The summed E-state index contributed by atoms with van der Waals surface area (Å²) in [6.07, 6.45) is 1.86. The molecule has 1 aliphatic rings. The SMILES string of the molecule is CN(c1ccc(F)cc1)c1cc2nc(C3CC3)c(/C=C/[C@@H](O)C[C@@H](O)CC(=O)O)c(N(C)c3ccc(F)cc3)c2cc1F. The summed E-state index contributed by atoms with van der Waals surface area (Å²) in [6, 6.07) is 14.6. The fraction of sp³-hybridized carbons (Fsp3) is 0.273. The second kappa shape index (κ2) is 12.4. The number of anilines is 4. The van der Waals surface area contributed by atoms with Gasteiger partial charge in [0.1, 0.15) is 17.5 Å². The van der Waals surface area contributed by atoms with Gasteiger partial charge in [0.15, 0.2) is 0 Å². The molecule has 5 rings (SSSR count). The lowest BCUT2D eigenvalue weighted by Crippen LogP contribution is -2.19. The number of benzene rings is 3. The Morgan fingerprint density at radius 3 is 2.09 bits per heavy atom. The van der Waals surface area contributed by atoms with E-state index in [1.807, 2.05) is 4.90 Å². The summed E-state index contributed by atoms with van der Waals surface area (Å²) < 4.78 is 43.2. The topological polar surface area (TPSA) is 97.1 Å². The maximum absolute atomic E-state index is 15.9. The highest BCUT2D eigenvalue weighted by molar-refractivity contribution is 6.00. The molecule has 2 atom stereocenters. The zero-order valence-electron chi connectivity index (χ0n) is 23.7. The molecule has 1 saturated carbocycles. The van der Waals surface area contributed by atoms with Crippen molar-refractivity contribution in [2.24, 2.45) is 0 Å². The number of aliphatic hydroxyl groups excluding tert-OH is 2. The quantitative estimate of drug-likeness (QED) is 0.179. The summed E-state index contributed by atoms with van der Waals surface area (Å²) in [6.45, 7) is 0. The maximum Gasteiger partial charge on any atom is 0.305 e. The van der Waals surface area contributed by atoms with Crippen LogP contribution in [0, 0.1) is 17.5 Å². The Morgan fingerprint density at radius 1 is 0.953 bits per heavy atom. The first-order chi connectivity index (χ1) is 20.5. The number of hydrogen-bond acceptors (Lipinski definition) is 6. The Morgan fingerprint density at radius 2 is 1.53 bits per heavy atom. The predicted octanol–water partition coefficient (Wildman–Crippen LogP) is 6.67. The molecule has 7 nitrogen and oxygen atoms in total. The average Bonchev–Trinajstić information content (AvgIpc) is 3.80. The van der Waals surface area contributed by atoms with E-state index in [0.29, 0.717) is 33.5 Å². The van der Waals surface area contributed by atoms with Crippen molar-refractivity contribution < 1.29 is 33.3 Å². The highest BCUT2D eigenvalue weighted by Crippen LogP contribution is 2.47. The summed E-state index contributed by atoms with van der Waals surface area (Å²) >= 11 is 0. The molecule has 1 heterocycles. The van der Waals surface area contributed by atoms with Crippen LogP contribution in [0.25, 0.3) is 17.0 Å². The fourth-order valence-electron chi connectivity index (χ4n) is 5.19. The highest BCUT2D eigenvalue weighted by atomic mass is 19.1. The van der Waals surface area contributed by atoms with Gasteiger partial charge < -0.3 is 25.1 Å². The van der Waals surface area contributed by atoms with Gasteiger partial charge in [0.25, 0.3) is 0 Å². The maximum atomic E-state index is 15.9. The number of pyridine rings is 1. The molecule has 0 amide bonds. The third-order valence-electron chi connectivity index (χ3n) is 7.59. The Labute approximate surface area is 247 Å². The van der Waals surface area contributed by atoms with Crippen LogP contribution in [-0.4, -0.2) is 52.6 Å². The lowest BCUT2D eigenvalue weighted by molar-refractivity contribution is -0.139. The lowest BCUT2D eigenvalue weighted by atomic mass is 9.99. The van der Waals surface area contributed by atoms with E-state index in [1.165, 1.54) is 36.4 Å². The van der Waals surface area contributed by atoms with Gasteiger partial charge in [-0.1, -0.05) is 12.2 Å². The van der Waals surface area contributed by atoms with Crippen LogP contribution in [0.2, 0.25) is 0 Å². The molecular weight excluding hydrogens is 559 g/mol. The van der Waals surface area contributed by atoms with Gasteiger partial charge in [0.05, 0.1) is 41.2 Å². The van der Waals surface area contributed by atoms with Crippen LogP contribution >= 0.6 is 0 Å². The summed E-state index contributed by atoms with van der Waals surface area (Å²) in [5.41, 5.74) is 3.95. The van der Waals surface area contributed by atoms with Gasteiger partial charge in [-0.15, -0.1) is 0 Å². The molecule has 224 valence electrons. The van der Waals surface area contributed by atoms with Gasteiger partial charge in [-0.2, -0.15) is 0 Å². The number of aliphatic carboxylic acids is 1. The molecule has 0 radical (unpaired) electrons. The number of hydrogen-bond donors (Lipinski definition) is 3. The Balaban J connectivity index is 1.66. The minimum absolute atomic E-state index is 0.127. The highest BCUT2D eigenvalue weighted by Gasteiger charge is 2.31. The minimum Gasteiger partial charge on any atom is -0.481 e. The number of carboxylic acids is 1. The Hall–Kier alpha value is -4.41. The molecule has 0 bridgehead atoms. The molecule has 1 aliphatic carbocycles. The average molecular weight is 592 g/mol. The van der Waals surface area contributed by atoms with Gasteiger partial charge in [-0.25, -0.2) is 13.2 Å². The van der Waals surface area contributed by atoms with E-state index >= 15 is 4.39 Å². The van der Waals surface area contributed by atoms with Crippen molar-refractivity contribution in [3.05, 3.63) is 95.4 Å². The first-order valence-electron chi connectivity index (χ1n) is 13.9. The summed E-state index contributed by atoms with van der Waals surface area (Å²) in [5.74, 6) is -2.39. The molecule has 4 aromatic rings. The summed E-state index contributed by atoms with van der Waals surface area (Å²) in [5, 5.41) is 30.0. The van der Waals surface area contributed by atoms with Crippen LogP contribution in [0.4, 0.5) is 35.9 Å². The molecule has 1 fully saturated rings. The van der Waals surface area contributed by atoms with Gasteiger partial charge in [0, 0.05) is 48.8 Å². The molecule has 3 aromatic carbocycles. The number of nitrogens with zero attached hydrogens (tertiary/aromatic N) is 3. The normalized spacial score (nSPS) is 14.7. The number of aliphatic hydroxyl groups is 2. The third kappa shape index (κ3) is 6.81. The van der Waals surface area contributed by atoms with Crippen LogP contribution in [0.3, 0.4) is 0 Å². The predicted molar refractivity (Wildman–Crippen MR) is 161 cm³/mol. The van der Waals surface area contributed by atoms with E-state index in [1.54, 1.807) is 55.4 Å². The molecule has 0 saturated heterocycles. The van der Waals surface area contributed by atoms with Gasteiger partial charge in [-0.05, 0) is 73.5 Å². The molecule has 0 spiro atoms.